The number of nitrogens with zero attached hydrogens (tertiary/aromatic N) is 1. The summed E-state index contributed by atoms with van der Waals surface area (Å²) in [5, 5.41) is 13.3. The topological polar surface area (TPSA) is 154 Å². The number of ketones is 1. The van der Waals surface area contributed by atoms with Crippen molar-refractivity contribution in [2.45, 2.75) is 62.7 Å². The highest BCUT2D eigenvalue weighted by Gasteiger charge is 2.39. The minimum atomic E-state index is -1.07. The summed E-state index contributed by atoms with van der Waals surface area (Å²) in [6.45, 7) is 2.08. The molecule has 0 radical (unpaired) electrons. The second-order valence-electron chi connectivity index (χ2n) is 8.40. The first-order chi connectivity index (χ1) is 14.7. The first kappa shape index (κ1) is 24.5. The van der Waals surface area contributed by atoms with Crippen molar-refractivity contribution in [3.8, 4) is 0 Å². The standard InChI is InChI=1S/C22H34N6O3/c1-22(25,14-29)11-10-16(27-21(23)24)19(30)18-9-6-12-28(18)20(31)17(26-2)13-15-7-4-3-5-8-15/h3-5,7-8,14,16-18,26H,6,9-13,25H2,1-2H3,(H4,23,24,27)/t16?,17-,18-,22-/m0/s1. The number of hydrogen-bond acceptors (Lipinski definition) is 6. The van der Waals surface area contributed by atoms with Crippen LogP contribution in [0.15, 0.2) is 30.3 Å². The lowest BCUT2D eigenvalue weighted by Crippen LogP contribution is -2.55. The Bertz CT molecular complexity index is 783. The normalized spacial score (nSPS) is 19.8. The fraction of sp³-hybridized carbons (Fsp3) is 0.545. The van der Waals surface area contributed by atoms with Crippen LogP contribution in [0.2, 0.25) is 0 Å². The molecule has 170 valence electrons. The van der Waals surface area contributed by atoms with E-state index in [1.54, 1.807) is 18.9 Å². The number of likely N-dealkylation sites (tertiary alicyclic amines) is 1. The van der Waals surface area contributed by atoms with Gasteiger partial charge >= 0.3 is 0 Å². The maximum absolute atomic E-state index is 13.3. The van der Waals surface area contributed by atoms with Gasteiger partial charge in [0.1, 0.15) is 6.29 Å². The van der Waals surface area contributed by atoms with Crippen molar-refractivity contribution in [3.05, 3.63) is 35.9 Å². The minimum Gasteiger partial charge on any atom is -0.370 e. The van der Waals surface area contributed by atoms with Crippen molar-refractivity contribution in [3.63, 3.8) is 0 Å². The van der Waals surface area contributed by atoms with Gasteiger partial charge in [0, 0.05) is 6.54 Å². The van der Waals surface area contributed by atoms with Crippen LogP contribution >= 0.6 is 0 Å². The smallest absolute Gasteiger partial charge is 0.240 e. The van der Waals surface area contributed by atoms with Gasteiger partial charge in [-0.1, -0.05) is 30.3 Å². The van der Waals surface area contributed by atoms with Crippen LogP contribution in [0.1, 0.15) is 38.2 Å². The molecule has 0 aromatic heterocycles. The molecule has 1 heterocycles. The second-order valence-corrected chi connectivity index (χ2v) is 8.40. The van der Waals surface area contributed by atoms with Gasteiger partial charge in [-0.3, -0.25) is 15.0 Å². The van der Waals surface area contributed by atoms with Gasteiger partial charge in [0.15, 0.2) is 11.7 Å². The lowest BCUT2D eigenvalue weighted by atomic mass is 9.92. The summed E-state index contributed by atoms with van der Waals surface area (Å²) in [5.41, 5.74) is 11.3. The van der Waals surface area contributed by atoms with Crippen molar-refractivity contribution in [2.75, 3.05) is 13.6 Å². The molecule has 1 aromatic carbocycles. The van der Waals surface area contributed by atoms with E-state index in [9.17, 15) is 14.4 Å². The van der Waals surface area contributed by atoms with E-state index in [1.165, 1.54) is 0 Å². The zero-order valence-corrected chi connectivity index (χ0v) is 18.3. The Balaban J connectivity index is 2.14. The highest BCUT2D eigenvalue weighted by molar-refractivity contribution is 5.96. The molecule has 1 saturated heterocycles. The third-order valence-electron chi connectivity index (χ3n) is 5.71. The Hall–Kier alpha value is -2.78. The van der Waals surface area contributed by atoms with Crippen LogP contribution in [0.25, 0.3) is 0 Å². The Morgan fingerprint density at radius 3 is 2.58 bits per heavy atom. The molecule has 1 aromatic rings. The number of rotatable bonds is 11. The van der Waals surface area contributed by atoms with Gasteiger partial charge in [-0.25, -0.2) is 0 Å². The first-order valence-electron chi connectivity index (χ1n) is 10.6. The largest absolute Gasteiger partial charge is 0.370 e. The molecule has 0 saturated carbocycles. The van der Waals surface area contributed by atoms with Crippen molar-refractivity contribution in [1.82, 2.24) is 15.5 Å². The zero-order chi connectivity index (χ0) is 23.0. The minimum absolute atomic E-state index is 0.125. The highest BCUT2D eigenvalue weighted by atomic mass is 16.2. The summed E-state index contributed by atoms with van der Waals surface area (Å²) in [6, 6.07) is 7.87. The number of nitrogens with one attached hydrogen (secondary N) is 3. The molecule has 4 atom stereocenters. The molecule has 0 bridgehead atoms. The maximum Gasteiger partial charge on any atom is 0.240 e. The van der Waals surface area contributed by atoms with E-state index in [0.29, 0.717) is 25.7 Å². The van der Waals surface area contributed by atoms with E-state index < -0.39 is 23.7 Å². The summed E-state index contributed by atoms with van der Waals surface area (Å²) >= 11 is 0. The van der Waals surface area contributed by atoms with Crippen LogP contribution in [-0.4, -0.2) is 66.1 Å². The predicted molar refractivity (Wildman–Crippen MR) is 119 cm³/mol. The Labute approximate surface area is 183 Å². The molecule has 1 fully saturated rings. The number of hydrogen-bond donors (Lipinski definition) is 5. The van der Waals surface area contributed by atoms with Crippen LogP contribution < -0.4 is 22.1 Å². The summed E-state index contributed by atoms with van der Waals surface area (Å²) in [6.07, 6.45) is 2.93. The zero-order valence-electron chi connectivity index (χ0n) is 18.3. The quantitative estimate of drug-likeness (QED) is 0.187. The summed E-state index contributed by atoms with van der Waals surface area (Å²) in [4.78, 5) is 39.3. The van der Waals surface area contributed by atoms with Crippen molar-refractivity contribution in [1.29, 1.82) is 5.41 Å². The molecule has 7 N–H and O–H groups in total. The van der Waals surface area contributed by atoms with E-state index in [4.69, 9.17) is 16.9 Å². The van der Waals surface area contributed by atoms with Crippen molar-refractivity contribution in [2.24, 2.45) is 11.5 Å². The molecular formula is C22H34N6O3. The van der Waals surface area contributed by atoms with Crippen LogP contribution in [0.4, 0.5) is 0 Å². The van der Waals surface area contributed by atoms with Gasteiger partial charge in [0.05, 0.1) is 23.7 Å². The number of guanidine groups is 1. The third kappa shape index (κ3) is 6.86. The highest BCUT2D eigenvalue weighted by Crippen LogP contribution is 2.23. The van der Waals surface area contributed by atoms with Crippen LogP contribution in [0.3, 0.4) is 0 Å². The molecule has 9 nitrogen and oxygen atoms in total. The molecular weight excluding hydrogens is 396 g/mol. The number of carbonyl (C=O) groups is 3. The van der Waals surface area contributed by atoms with Gasteiger partial charge in [0.25, 0.3) is 0 Å². The summed E-state index contributed by atoms with van der Waals surface area (Å²) in [5.74, 6) is -0.672. The predicted octanol–water partition coefficient (Wildman–Crippen LogP) is -0.0746. The second kappa shape index (κ2) is 11.0. The van der Waals surface area contributed by atoms with Gasteiger partial charge in [-0.15, -0.1) is 0 Å². The molecule has 2 rings (SSSR count). The van der Waals surface area contributed by atoms with E-state index in [2.05, 4.69) is 10.6 Å². The van der Waals surface area contributed by atoms with E-state index in [-0.39, 0.29) is 30.5 Å². The van der Waals surface area contributed by atoms with Crippen molar-refractivity contribution < 1.29 is 14.4 Å². The SMILES string of the molecule is CN[C@@H](Cc1ccccc1)C(=O)N1CCC[C@H]1C(=O)C(CC[C@](C)(N)C=O)NC(=N)N. The van der Waals surface area contributed by atoms with Crippen LogP contribution in [0.5, 0.6) is 0 Å². The fourth-order valence-corrected chi connectivity index (χ4v) is 3.91. The van der Waals surface area contributed by atoms with Gasteiger partial charge < -0.3 is 31.8 Å². The molecule has 31 heavy (non-hydrogen) atoms. The number of aldehydes is 1. The monoisotopic (exact) mass is 430 g/mol. The molecule has 1 unspecified atom stereocenters. The Morgan fingerprint density at radius 1 is 1.32 bits per heavy atom. The lowest BCUT2D eigenvalue weighted by molar-refractivity contribution is -0.139. The average Bonchev–Trinajstić information content (AvgIpc) is 3.24. The number of carbonyl (C=O) groups excluding carboxylic acids is 3. The number of amides is 1. The molecule has 1 aliphatic rings. The summed E-state index contributed by atoms with van der Waals surface area (Å²) in [7, 11) is 1.74. The number of Topliss-reactive ketones (excluding diaryl/α,β-unsaturated/α-hetero) is 1. The molecule has 1 aliphatic heterocycles. The van der Waals surface area contributed by atoms with Crippen LogP contribution in [0, 0.1) is 5.41 Å². The van der Waals surface area contributed by atoms with E-state index >= 15 is 0 Å². The third-order valence-corrected chi connectivity index (χ3v) is 5.71. The Morgan fingerprint density at radius 2 is 2.00 bits per heavy atom. The number of benzene rings is 1. The molecule has 0 spiro atoms. The average molecular weight is 431 g/mol. The Kier molecular flexibility index (Phi) is 8.70. The van der Waals surface area contributed by atoms with Gasteiger partial charge in [-0.05, 0) is 51.6 Å². The maximum atomic E-state index is 13.3. The molecule has 1 amide bonds. The van der Waals surface area contributed by atoms with E-state index in [0.717, 1.165) is 12.0 Å². The lowest BCUT2D eigenvalue weighted by Gasteiger charge is -2.31. The van der Waals surface area contributed by atoms with Crippen molar-refractivity contribution >= 4 is 23.9 Å². The van der Waals surface area contributed by atoms with Gasteiger partial charge in [0.2, 0.25) is 5.91 Å². The van der Waals surface area contributed by atoms with Crippen LogP contribution in [-0.2, 0) is 20.8 Å². The number of nitrogens with two attached hydrogens (primary N) is 2. The number of likely N-dealkylation sites (N-methyl/N-ethyl adjacent to an activating group) is 1. The molecule has 0 aliphatic carbocycles. The van der Waals surface area contributed by atoms with E-state index in [1.807, 2.05) is 30.3 Å². The fourth-order valence-electron chi connectivity index (χ4n) is 3.91. The van der Waals surface area contributed by atoms with Gasteiger partial charge in [-0.2, -0.15) is 0 Å². The summed E-state index contributed by atoms with van der Waals surface area (Å²) < 4.78 is 0. The first-order valence-corrected chi connectivity index (χ1v) is 10.6. The molecule has 9 heteroatoms.